The highest BCUT2D eigenvalue weighted by Gasteiger charge is 2.32. The highest BCUT2D eigenvalue weighted by molar-refractivity contribution is 7.80. The van der Waals surface area contributed by atoms with E-state index in [0.717, 1.165) is 13.1 Å². The molecule has 0 saturated carbocycles. The first-order chi connectivity index (χ1) is 11.6. The maximum absolute atomic E-state index is 12.4. The van der Waals surface area contributed by atoms with Gasteiger partial charge in [-0.05, 0) is 24.4 Å². The number of hydrogen-bond donors (Lipinski definition) is 1. The van der Waals surface area contributed by atoms with Crippen LogP contribution in [0.2, 0.25) is 0 Å². The fourth-order valence-electron chi connectivity index (χ4n) is 2.50. The summed E-state index contributed by atoms with van der Waals surface area (Å²) in [5.41, 5.74) is -0.0201. The largest absolute Gasteiger partial charge is 0.441 e. The molecular formula is C16H17N3O4S. The van der Waals surface area contributed by atoms with Gasteiger partial charge in [0.1, 0.15) is 11.3 Å². The summed E-state index contributed by atoms with van der Waals surface area (Å²) in [6, 6.07) is 3.54. The van der Waals surface area contributed by atoms with Crippen LogP contribution in [0.3, 0.4) is 0 Å². The van der Waals surface area contributed by atoms with E-state index in [0.29, 0.717) is 24.9 Å². The van der Waals surface area contributed by atoms with Gasteiger partial charge < -0.3 is 14.1 Å². The lowest BCUT2D eigenvalue weighted by Gasteiger charge is -2.27. The Labute approximate surface area is 144 Å². The van der Waals surface area contributed by atoms with E-state index < -0.39 is 11.8 Å². The standard InChI is InChI=1S/C16H17N3O4S/c1-2-5-19-15(21)12(14(20)17-16(19)24)10-11-3-4-13(23-11)18-6-8-22-9-7-18/h2-4,10H,1,5-9H2,(H,17,20,24)/b12-10-. The van der Waals surface area contributed by atoms with Crippen molar-refractivity contribution in [2.45, 2.75) is 0 Å². The Hall–Kier alpha value is -2.45. The Morgan fingerprint density at radius 2 is 2.04 bits per heavy atom. The van der Waals surface area contributed by atoms with Gasteiger partial charge in [0.05, 0.1) is 13.2 Å². The van der Waals surface area contributed by atoms with Gasteiger partial charge in [0.25, 0.3) is 11.8 Å². The fourth-order valence-corrected chi connectivity index (χ4v) is 2.75. The minimum atomic E-state index is -0.533. The molecule has 1 N–H and O–H groups in total. The summed E-state index contributed by atoms with van der Waals surface area (Å²) in [7, 11) is 0. The molecule has 0 spiro atoms. The smallest absolute Gasteiger partial charge is 0.266 e. The van der Waals surface area contributed by atoms with Crippen molar-refractivity contribution in [3.05, 3.63) is 36.1 Å². The van der Waals surface area contributed by atoms with Gasteiger partial charge in [0.2, 0.25) is 0 Å². The third-order valence-electron chi connectivity index (χ3n) is 3.72. The zero-order chi connectivity index (χ0) is 17.1. The Balaban J connectivity index is 1.82. The lowest BCUT2D eigenvalue weighted by Crippen LogP contribution is -2.53. The number of ether oxygens (including phenoxy) is 1. The third kappa shape index (κ3) is 3.24. The molecule has 0 radical (unpaired) electrons. The van der Waals surface area contributed by atoms with Gasteiger partial charge in [0.15, 0.2) is 11.0 Å². The van der Waals surface area contributed by atoms with E-state index >= 15 is 0 Å². The highest BCUT2D eigenvalue weighted by atomic mass is 32.1. The average Bonchev–Trinajstić information content (AvgIpc) is 3.05. The highest BCUT2D eigenvalue weighted by Crippen LogP contribution is 2.22. The summed E-state index contributed by atoms with van der Waals surface area (Å²) in [6.07, 6.45) is 2.97. The van der Waals surface area contributed by atoms with Crippen molar-refractivity contribution < 1.29 is 18.7 Å². The summed E-state index contributed by atoms with van der Waals surface area (Å²) in [5, 5.41) is 2.58. The summed E-state index contributed by atoms with van der Waals surface area (Å²) < 4.78 is 11.0. The number of nitrogens with one attached hydrogen (secondary N) is 1. The summed E-state index contributed by atoms with van der Waals surface area (Å²) in [4.78, 5) is 27.8. The van der Waals surface area contributed by atoms with E-state index in [1.165, 1.54) is 11.0 Å². The Bertz CT molecular complexity index is 719. The van der Waals surface area contributed by atoms with Crippen molar-refractivity contribution in [1.29, 1.82) is 0 Å². The molecule has 2 saturated heterocycles. The van der Waals surface area contributed by atoms with Gasteiger partial charge >= 0.3 is 0 Å². The van der Waals surface area contributed by atoms with Crippen molar-refractivity contribution in [3.8, 4) is 0 Å². The second-order valence-corrected chi connectivity index (χ2v) is 5.68. The van der Waals surface area contributed by atoms with E-state index in [4.69, 9.17) is 21.4 Å². The van der Waals surface area contributed by atoms with Crippen molar-refractivity contribution in [1.82, 2.24) is 10.2 Å². The van der Waals surface area contributed by atoms with E-state index in [1.807, 2.05) is 11.0 Å². The van der Waals surface area contributed by atoms with Crippen LogP contribution in [0.5, 0.6) is 0 Å². The average molecular weight is 347 g/mol. The number of rotatable bonds is 4. The predicted octanol–water partition coefficient (Wildman–Crippen LogP) is 0.929. The molecule has 2 aliphatic heterocycles. The van der Waals surface area contributed by atoms with Gasteiger partial charge in [-0.1, -0.05) is 6.08 Å². The first kappa shape index (κ1) is 16.4. The van der Waals surface area contributed by atoms with Crippen molar-refractivity contribution >= 4 is 41.1 Å². The van der Waals surface area contributed by atoms with E-state index in [2.05, 4.69) is 11.9 Å². The second-order valence-electron chi connectivity index (χ2n) is 5.30. The van der Waals surface area contributed by atoms with Gasteiger partial charge in [0, 0.05) is 25.7 Å². The number of hydrogen-bond acceptors (Lipinski definition) is 6. The predicted molar refractivity (Wildman–Crippen MR) is 92.4 cm³/mol. The molecule has 0 unspecified atom stereocenters. The minimum Gasteiger partial charge on any atom is -0.441 e. The second kappa shape index (κ2) is 6.98. The number of morpholine rings is 1. The number of furan rings is 1. The lowest BCUT2D eigenvalue weighted by molar-refractivity contribution is -0.128. The van der Waals surface area contributed by atoms with Gasteiger partial charge in [-0.25, -0.2) is 0 Å². The molecule has 3 rings (SSSR count). The van der Waals surface area contributed by atoms with E-state index in [-0.39, 0.29) is 17.2 Å². The monoisotopic (exact) mass is 347 g/mol. The molecular weight excluding hydrogens is 330 g/mol. The topological polar surface area (TPSA) is 75.0 Å². The first-order valence-corrected chi connectivity index (χ1v) is 7.93. The lowest BCUT2D eigenvalue weighted by atomic mass is 10.1. The van der Waals surface area contributed by atoms with Crippen LogP contribution in [0.4, 0.5) is 5.88 Å². The van der Waals surface area contributed by atoms with Crippen molar-refractivity contribution in [2.24, 2.45) is 0 Å². The molecule has 7 nitrogen and oxygen atoms in total. The molecule has 0 aliphatic carbocycles. The van der Waals surface area contributed by atoms with E-state index in [9.17, 15) is 9.59 Å². The van der Waals surface area contributed by atoms with Crippen LogP contribution < -0.4 is 10.2 Å². The van der Waals surface area contributed by atoms with Crippen LogP contribution in [-0.4, -0.2) is 54.7 Å². The van der Waals surface area contributed by atoms with Gasteiger partial charge in [-0.2, -0.15) is 0 Å². The van der Waals surface area contributed by atoms with Crippen LogP contribution in [0.25, 0.3) is 6.08 Å². The zero-order valence-electron chi connectivity index (χ0n) is 13.0. The number of nitrogens with zero attached hydrogens (tertiary/aromatic N) is 2. The molecule has 3 heterocycles. The van der Waals surface area contributed by atoms with Crippen LogP contribution in [-0.2, 0) is 14.3 Å². The van der Waals surface area contributed by atoms with Crippen molar-refractivity contribution in [3.63, 3.8) is 0 Å². The molecule has 1 aromatic rings. The first-order valence-electron chi connectivity index (χ1n) is 7.52. The SMILES string of the molecule is C=CCN1C(=O)/C(=C\c2ccc(N3CCOCC3)o2)C(=O)NC1=S. The molecule has 2 amide bonds. The molecule has 0 aromatic carbocycles. The maximum atomic E-state index is 12.4. The third-order valence-corrected chi connectivity index (χ3v) is 4.04. The summed E-state index contributed by atoms with van der Waals surface area (Å²) in [6.45, 7) is 6.59. The number of amides is 2. The molecule has 2 fully saturated rings. The zero-order valence-corrected chi connectivity index (χ0v) is 13.8. The van der Waals surface area contributed by atoms with Crippen LogP contribution in [0.1, 0.15) is 5.76 Å². The van der Waals surface area contributed by atoms with Crippen LogP contribution >= 0.6 is 12.2 Å². The fraction of sp³-hybridized carbons (Fsp3) is 0.312. The molecule has 24 heavy (non-hydrogen) atoms. The normalized spacial score (nSPS) is 20.5. The Morgan fingerprint density at radius 3 is 2.75 bits per heavy atom. The van der Waals surface area contributed by atoms with E-state index in [1.54, 1.807) is 12.1 Å². The Kier molecular flexibility index (Phi) is 4.77. The van der Waals surface area contributed by atoms with Crippen LogP contribution in [0.15, 0.2) is 34.8 Å². The summed E-state index contributed by atoms with van der Waals surface area (Å²) >= 11 is 5.01. The molecule has 2 aliphatic rings. The van der Waals surface area contributed by atoms with Gasteiger partial charge in [-0.15, -0.1) is 6.58 Å². The number of thiocarbonyl (C=S) groups is 1. The summed E-state index contributed by atoms with van der Waals surface area (Å²) in [5.74, 6) is 0.122. The molecule has 1 aromatic heterocycles. The minimum absolute atomic E-state index is 0.0201. The molecule has 126 valence electrons. The number of anilines is 1. The molecule has 8 heteroatoms. The molecule has 0 bridgehead atoms. The number of carbonyl (C=O) groups is 2. The molecule has 0 atom stereocenters. The van der Waals surface area contributed by atoms with Crippen LogP contribution in [0, 0.1) is 0 Å². The quantitative estimate of drug-likeness (QED) is 0.378. The maximum Gasteiger partial charge on any atom is 0.266 e. The number of carbonyl (C=O) groups excluding carboxylic acids is 2. The van der Waals surface area contributed by atoms with Gasteiger partial charge in [-0.3, -0.25) is 19.8 Å². The van der Waals surface area contributed by atoms with Crippen molar-refractivity contribution in [2.75, 3.05) is 37.7 Å². The Morgan fingerprint density at radius 1 is 1.29 bits per heavy atom.